The van der Waals surface area contributed by atoms with Crippen molar-refractivity contribution in [3.05, 3.63) is 28.7 Å². The van der Waals surface area contributed by atoms with Gasteiger partial charge in [-0.1, -0.05) is 34.8 Å². The van der Waals surface area contributed by atoms with Crippen LogP contribution in [0.1, 0.15) is 32.6 Å². The summed E-state index contributed by atoms with van der Waals surface area (Å²) >= 11 is 3.50. The summed E-state index contributed by atoms with van der Waals surface area (Å²) in [7, 11) is 0. The highest BCUT2D eigenvalue weighted by molar-refractivity contribution is 9.10. The first kappa shape index (κ1) is 13.9. The zero-order valence-corrected chi connectivity index (χ0v) is 12.7. The molecule has 2 nitrogen and oxygen atoms in total. The summed E-state index contributed by atoms with van der Waals surface area (Å²) in [5.74, 6) is 0. The van der Waals surface area contributed by atoms with E-state index in [9.17, 15) is 0 Å². The SMILES string of the molecule is CC1CCCCCN1CCNc1cccc(Br)c1. The van der Waals surface area contributed by atoms with Crippen LogP contribution in [-0.2, 0) is 0 Å². The Morgan fingerprint density at radius 3 is 3.06 bits per heavy atom. The Morgan fingerprint density at radius 1 is 1.33 bits per heavy atom. The lowest BCUT2D eigenvalue weighted by atomic mass is 10.1. The number of hydrogen-bond acceptors (Lipinski definition) is 2. The average Bonchev–Trinajstić information content (AvgIpc) is 2.55. The number of anilines is 1. The Kier molecular flexibility index (Phi) is 5.51. The van der Waals surface area contributed by atoms with Crippen molar-refractivity contribution in [1.82, 2.24) is 4.90 Å². The van der Waals surface area contributed by atoms with Crippen molar-refractivity contribution in [1.29, 1.82) is 0 Å². The number of likely N-dealkylation sites (tertiary alicyclic amines) is 1. The van der Waals surface area contributed by atoms with E-state index < -0.39 is 0 Å². The first-order valence-corrected chi connectivity index (χ1v) is 7.78. The highest BCUT2D eigenvalue weighted by atomic mass is 79.9. The molecule has 0 aliphatic carbocycles. The minimum absolute atomic E-state index is 0.747. The predicted octanol–water partition coefficient (Wildman–Crippen LogP) is 4.13. The molecule has 2 rings (SSSR count). The van der Waals surface area contributed by atoms with Gasteiger partial charge >= 0.3 is 0 Å². The first-order valence-electron chi connectivity index (χ1n) is 6.99. The Morgan fingerprint density at radius 2 is 2.22 bits per heavy atom. The minimum atomic E-state index is 0.747. The van der Waals surface area contributed by atoms with E-state index in [2.05, 4.69) is 57.3 Å². The lowest BCUT2D eigenvalue weighted by Crippen LogP contribution is -2.36. The van der Waals surface area contributed by atoms with Crippen LogP contribution < -0.4 is 5.32 Å². The normalized spacial score (nSPS) is 21.6. The third-order valence-electron chi connectivity index (χ3n) is 3.74. The van der Waals surface area contributed by atoms with Gasteiger partial charge in [0, 0.05) is 29.3 Å². The van der Waals surface area contributed by atoms with Crippen LogP contribution in [0.25, 0.3) is 0 Å². The lowest BCUT2D eigenvalue weighted by Gasteiger charge is -2.27. The van der Waals surface area contributed by atoms with Gasteiger partial charge in [-0.15, -0.1) is 0 Å². The summed E-state index contributed by atoms with van der Waals surface area (Å²) in [4.78, 5) is 2.62. The second-order valence-corrected chi connectivity index (χ2v) is 6.09. The van der Waals surface area contributed by atoms with Gasteiger partial charge in [-0.25, -0.2) is 0 Å². The summed E-state index contributed by atoms with van der Waals surface area (Å²) in [6.07, 6.45) is 5.52. The molecule has 100 valence electrons. The van der Waals surface area contributed by atoms with Gasteiger partial charge in [0.25, 0.3) is 0 Å². The van der Waals surface area contributed by atoms with Gasteiger partial charge in [-0.2, -0.15) is 0 Å². The zero-order valence-electron chi connectivity index (χ0n) is 11.2. The molecule has 3 heteroatoms. The van der Waals surface area contributed by atoms with Crippen LogP contribution in [-0.4, -0.2) is 30.6 Å². The van der Waals surface area contributed by atoms with E-state index in [1.807, 2.05) is 0 Å². The molecule has 1 aromatic carbocycles. The summed E-state index contributed by atoms with van der Waals surface area (Å²) in [6.45, 7) is 5.81. The Labute approximate surface area is 119 Å². The molecule has 18 heavy (non-hydrogen) atoms. The Hall–Kier alpha value is -0.540. The van der Waals surface area contributed by atoms with Crippen LogP contribution in [0.15, 0.2) is 28.7 Å². The minimum Gasteiger partial charge on any atom is -0.384 e. The van der Waals surface area contributed by atoms with Crippen molar-refractivity contribution in [3.8, 4) is 0 Å². The van der Waals surface area contributed by atoms with Gasteiger partial charge in [-0.05, 0) is 44.5 Å². The number of hydrogen-bond donors (Lipinski definition) is 1. The molecule has 0 bridgehead atoms. The molecular formula is C15H23BrN2. The molecule has 1 unspecified atom stereocenters. The maximum Gasteiger partial charge on any atom is 0.0351 e. The first-order chi connectivity index (χ1) is 8.75. The summed E-state index contributed by atoms with van der Waals surface area (Å²) < 4.78 is 1.13. The van der Waals surface area contributed by atoms with Crippen LogP contribution in [0.4, 0.5) is 5.69 Å². The van der Waals surface area contributed by atoms with Crippen molar-refractivity contribution in [2.45, 2.75) is 38.6 Å². The van der Waals surface area contributed by atoms with Crippen LogP contribution in [0.2, 0.25) is 0 Å². The second-order valence-electron chi connectivity index (χ2n) is 5.17. The van der Waals surface area contributed by atoms with Gasteiger partial charge in [-0.3, -0.25) is 4.90 Å². The molecule has 1 fully saturated rings. The number of rotatable bonds is 4. The zero-order chi connectivity index (χ0) is 12.8. The fraction of sp³-hybridized carbons (Fsp3) is 0.600. The van der Waals surface area contributed by atoms with Crippen LogP contribution in [0.5, 0.6) is 0 Å². The smallest absolute Gasteiger partial charge is 0.0351 e. The van der Waals surface area contributed by atoms with Gasteiger partial charge in [0.1, 0.15) is 0 Å². The lowest BCUT2D eigenvalue weighted by molar-refractivity contribution is 0.222. The van der Waals surface area contributed by atoms with Crippen molar-refractivity contribution in [3.63, 3.8) is 0 Å². The van der Waals surface area contributed by atoms with Gasteiger partial charge in [0.2, 0.25) is 0 Å². The maximum absolute atomic E-state index is 3.50. The molecule has 0 amide bonds. The molecule has 0 saturated carbocycles. The monoisotopic (exact) mass is 310 g/mol. The maximum atomic E-state index is 3.50. The van der Waals surface area contributed by atoms with E-state index in [0.29, 0.717) is 0 Å². The molecule has 1 aliphatic heterocycles. The van der Waals surface area contributed by atoms with E-state index in [-0.39, 0.29) is 0 Å². The summed E-state index contributed by atoms with van der Waals surface area (Å²) in [5, 5.41) is 3.50. The van der Waals surface area contributed by atoms with E-state index >= 15 is 0 Å². The third kappa shape index (κ3) is 4.29. The van der Waals surface area contributed by atoms with Crippen LogP contribution in [0, 0.1) is 0 Å². The van der Waals surface area contributed by atoms with Crippen molar-refractivity contribution >= 4 is 21.6 Å². The van der Waals surface area contributed by atoms with Gasteiger partial charge in [0.15, 0.2) is 0 Å². The number of nitrogens with zero attached hydrogens (tertiary/aromatic N) is 1. The van der Waals surface area contributed by atoms with Crippen molar-refractivity contribution in [2.75, 3.05) is 25.0 Å². The largest absolute Gasteiger partial charge is 0.384 e. The fourth-order valence-electron chi connectivity index (χ4n) is 2.61. The fourth-order valence-corrected chi connectivity index (χ4v) is 3.01. The molecule has 0 radical (unpaired) electrons. The molecule has 0 spiro atoms. The topological polar surface area (TPSA) is 15.3 Å². The quantitative estimate of drug-likeness (QED) is 0.899. The molecule has 1 aromatic rings. The highest BCUT2D eigenvalue weighted by Gasteiger charge is 2.15. The number of benzene rings is 1. The van der Waals surface area contributed by atoms with E-state index in [0.717, 1.165) is 23.6 Å². The van der Waals surface area contributed by atoms with E-state index in [1.54, 1.807) is 0 Å². The summed E-state index contributed by atoms with van der Waals surface area (Å²) in [6, 6.07) is 9.13. The molecule has 1 heterocycles. The third-order valence-corrected chi connectivity index (χ3v) is 4.24. The predicted molar refractivity (Wildman–Crippen MR) is 82.1 cm³/mol. The molecule has 1 N–H and O–H groups in total. The molecule has 1 saturated heterocycles. The average molecular weight is 311 g/mol. The highest BCUT2D eigenvalue weighted by Crippen LogP contribution is 2.17. The van der Waals surface area contributed by atoms with Crippen LogP contribution in [0.3, 0.4) is 0 Å². The summed E-state index contributed by atoms with van der Waals surface area (Å²) in [5.41, 5.74) is 1.20. The second kappa shape index (κ2) is 7.15. The van der Waals surface area contributed by atoms with Crippen LogP contribution >= 0.6 is 15.9 Å². The van der Waals surface area contributed by atoms with Crippen molar-refractivity contribution < 1.29 is 0 Å². The molecule has 1 atom stereocenters. The number of halogens is 1. The van der Waals surface area contributed by atoms with E-state index in [1.165, 1.54) is 37.9 Å². The van der Waals surface area contributed by atoms with Crippen molar-refractivity contribution in [2.24, 2.45) is 0 Å². The van der Waals surface area contributed by atoms with E-state index in [4.69, 9.17) is 0 Å². The number of nitrogens with one attached hydrogen (secondary N) is 1. The van der Waals surface area contributed by atoms with Gasteiger partial charge in [0.05, 0.1) is 0 Å². The Bertz CT molecular complexity index is 367. The molecular weight excluding hydrogens is 288 g/mol. The molecule has 1 aliphatic rings. The standard InChI is InChI=1S/C15H23BrN2/c1-13-6-3-2-4-10-18(13)11-9-17-15-8-5-7-14(16)12-15/h5,7-8,12-13,17H,2-4,6,9-11H2,1H3. The van der Waals surface area contributed by atoms with Gasteiger partial charge < -0.3 is 5.32 Å². The Balaban J connectivity index is 1.77. The molecule has 0 aromatic heterocycles.